The van der Waals surface area contributed by atoms with E-state index in [0.29, 0.717) is 45.0 Å². The summed E-state index contributed by atoms with van der Waals surface area (Å²) >= 11 is 0. The van der Waals surface area contributed by atoms with Crippen molar-refractivity contribution in [2.75, 3.05) is 26.9 Å². The van der Waals surface area contributed by atoms with Crippen LogP contribution in [0, 0.1) is 0 Å². The van der Waals surface area contributed by atoms with E-state index < -0.39 is 0 Å². The number of nitrogens with zero attached hydrogens (tertiary/aromatic N) is 2. The minimum atomic E-state index is -0.283. The number of esters is 1. The Morgan fingerprint density at radius 1 is 1.05 bits per heavy atom. The van der Waals surface area contributed by atoms with Crippen molar-refractivity contribution in [3.05, 3.63) is 83.3 Å². The van der Waals surface area contributed by atoms with Crippen molar-refractivity contribution in [1.82, 2.24) is 20.1 Å². The summed E-state index contributed by atoms with van der Waals surface area (Å²) in [6, 6.07) is 20.7. The van der Waals surface area contributed by atoms with E-state index in [2.05, 4.69) is 56.5 Å². The van der Waals surface area contributed by atoms with Gasteiger partial charge in [0.1, 0.15) is 11.4 Å². The molecule has 8 nitrogen and oxygen atoms in total. The average molecular weight is 553 g/mol. The van der Waals surface area contributed by atoms with Crippen molar-refractivity contribution in [3.8, 4) is 16.9 Å². The molecule has 0 atom stereocenters. The quantitative estimate of drug-likeness (QED) is 0.172. The van der Waals surface area contributed by atoms with Crippen molar-refractivity contribution < 1.29 is 19.0 Å². The SMILES string of the molecule is CCOC(=O)c1c(CCCOc2cccc3ccccc23)c2cccc3c2n1CCCNCc1[nH]nc(COC)c1-3. The Labute approximate surface area is 239 Å². The van der Waals surface area contributed by atoms with E-state index in [1.807, 2.05) is 31.2 Å². The van der Waals surface area contributed by atoms with Gasteiger partial charge in [-0.25, -0.2) is 4.79 Å². The highest BCUT2D eigenvalue weighted by molar-refractivity contribution is 6.05. The number of nitrogens with one attached hydrogen (secondary N) is 2. The molecule has 41 heavy (non-hydrogen) atoms. The van der Waals surface area contributed by atoms with Crippen LogP contribution in [0.3, 0.4) is 0 Å². The Kier molecular flexibility index (Phi) is 8.02. The molecule has 0 saturated heterocycles. The molecule has 5 aromatic rings. The normalized spacial score (nSPS) is 13.3. The van der Waals surface area contributed by atoms with Gasteiger partial charge in [-0.2, -0.15) is 5.10 Å². The molecular formula is C33H36N4O4. The molecule has 212 valence electrons. The molecule has 0 aliphatic carbocycles. The van der Waals surface area contributed by atoms with Crippen LogP contribution >= 0.6 is 0 Å². The second-order valence-corrected chi connectivity index (χ2v) is 10.3. The molecule has 1 aliphatic heterocycles. The molecule has 2 N–H and O–H groups in total. The van der Waals surface area contributed by atoms with Crippen LogP contribution in [-0.2, 0) is 35.6 Å². The van der Waals surface area contributed by atoms with E-state index in [9.17, 15) is 4.79 Å². The van der Waals surface area contributed by atoms with Crippen LogP contribution in [0.1, 0.15) is 47.2 Å². The van der Waals surface area contributed by atoms with Gasteiger partial charge in [-0.05, 0) is 49.7 Å². The highest BCUT2D eigenvalue weighted by Crippen LogP contribution is 2.38. The van der Waals surface area contributed by atoms with E-state index in [-0.39, 0.29) is 5.97 Å². The summed E-state index contributed by atoms with van der Waals surface area (Å²) in [6.07, 6.45) is 2.32. The number of benzene rings is 3. The lowest BCUT2D eigenvalue weighted by Gasteiger charge is -2.16. The number of carbonyl (C=O) groups is 1. The molecule has 0 unspecified atom stereocenters. The van der Waals surface area contributed by atoms with Gasteiger partial charge in [0.25, 0.3) is 0 Å². The molecule has 2 aromatic heterocycles. The molecular weight excluding hydrogens is 516 g/mol. The number of aromatic amines is 1. The number of aromatic nitrogens is 3. The summed E-state index contributed by atoms with van der Waals surface area (Å²) in [5, 5.41) is 14.7. The molecule has 3 heterocycles. The largest absolute Gasteiger partial charge is 0.493 e. The third-order valence-electron chi connectivity index (χ3n) is 7.74. The number of H-pyrrole nitrogens is 1. The van der Waals surface area contributed by atoms with Gasteiger partial charge in [0.05, 0.1) is 36.7 Å². The van der Waals surface area contributed by atoms with Crippen molar-refractivity contribution in [2.45, 2.75) is 45.9 Å². The van der Waals surface area contributed by atoms with Gasteiger partial charge in [0.2, 0.25) is 0 Å². The Morgan fingerprint density at radius 2 is 1.88 bits per heavy atom. The van der Waals surface area contributed by atoms with Gasteiger partial charge in [-0.15, -0.1) is 0 Å². The minimum Gasteiger partial charge on any atom is -0.493 e. The predicted octanol–water partition coefficient (Wildman–Crippen LogP) is 6.01. The number of hydrogen-bond acceptors (Lipinski definition) is 6. The summed E-state index contributed by atoms with van der Waals surface area (Å²) in [5.41, 5.74) is 6.64. The number of para-hydroxylation sites is 1. The number of aryl methyl sites for hydroxylation is 2. The van der Waals surface area contributed by atoms with Crippen LogP contribution in [-0.4, -0.2) is 47.6 Å². The van der Waals surface area contributed by atoms with Crippen molar-refractivity contribution in [2.24, 2.45) is 0 Å². The number of methoxy groups -OCH3 is 1. The molecule has 0 amide bonds. The standard InChI is InChI=1S/C33H36N4O4/c1-3-40-33(38)32-25(15-8-19-41-29-16-6-11-22-10-4-5-12-23(22)29)24-13-7-14-26-30-27(35-36-28(30)21-39-2)20-34-17-9-18-37(32)31(24)26/h4-7,10-14,16,34H,3,8-9,15,17-21H2,1-2H3,(H,35,36). The third-order valence-corrected chi connectivity index (χ3v) is 7.74. The minimum absolute atomic E-state index is 0.283. The van der Waals surface area contributed by atoms with Crippen LogP contribution in [0.25, 0.3) is 32.8 Å². The van der Waals surface area contributed by atoms with Crippen LogP contribution in [0.4, 0.5) is 0 Å². The highest BCUT2D eigenvalue weighted by atomic mass is 16.5. The summed E-state index contributed by atoms with van der Waals surface area (Å²) in [5.74, 6) is 0.594. The van der Waals surface area contributed by atoms with E-state index in [1.165, 1.54) is 0 Å². The van der Waals surface area contributed by atoms with Crippen LogP contribution < -0.4 is 10.1 Å². The molecule has 0 bridgehead atoms. The average Bonchev–Trinajstić information content (AvgIpc) is 3.54. The molecule has 8 heteroatoms. The first-order valence-corrected chi connectivity index (χ1v) is 14.4. The number of ether oxygens (including phenoxy) is 3. The number of rotatable bonds is 9. The summed E-state index contributed by atoms with van der Waals surface area (Å²) < 4.78 is 19.6. The monoisotopic (exact) mass is 552 g/mol. The van der Waals surface area contributed by atoms with E-state index in [4.69, 9.17) is 14.2 Å². The van der Waals surface area contributed by atoms with Crippen molar-refractivity contribution in [1.29, 1.82) is 0 Å². The topological polar surface area (TPSA) is 90.4 Å². The maximum atomic E-state index is 13.5. The zero-order chi connectivity index (χ0) is 28.2. The number of fused-ring (bicyclic) bond motifs is 3. The first-order valence-electron chi connectivity index (χ1n) is 14.4. The van der Waals surface area contributed by atoms with Crippen LogP contribution in [0.5, 0.6) is 5.75 Å². The van der Waals surface area contributed by atoms with Gasteiger partial charge in [0, 0.05) is 42.1 Å². The van der Waals surface area contributed by atoms with Gasteiger partial charge in [-0.1, -0.05) is 54.6 Å². The second kappa shape index (κ2) is 12.2. The Bertz CT molecular complexity index is 1680. The molecule has 6 rings (SSSR count). The van der Waals surface area contributed by atoms with Gasteiger partial charge in [0.15, 0.2) is 0 Å². The highest BCUT2D eigenvalue weighted by Gasteiger charge is 2.28. The molecule has 1 aliphatic rings. The van der Waals surface area contributed by atoms with Gasteiger partial charge < -0.3 is 24.1 Å². The second-order valence-electron chi connectivity index (χ2n) is 10.3. The third kappa shape index (κ3) is 5.21. The summed E-state index contributed by atoms with van der Waals surface area (Å²) in [4.78, 5) is 13.5. The van der Waals surface area contributed by atoms with E-state index in [0.717, 1.165) is 74.9 Å². The van der Waals surface area contributed by atoms with Gasteiger partial charge in [-0.3, -0.25) is 5.10 Å². The summed E-state index contributed by atoms with van der Waals surface area (Å²) in [6.45, 7) is 5.31. The number of hydrogen-bond donors (Lipinski definition) is 2. The van der Waals surface area contributed by atoms with Crippen molar-refractivity contribution in [3.63, 3.8) is 0 Å². The molecule has 0 saturated carbocycles. The van der Waals surface area contributed by atoms with E-state index >= 15 is 0 Å². The first kappa shape index (κ1) is 27.1. The zero-order valence-electron chi connectivity index (χ0n) is 23.7. The molecule has 3 aromatic carbocycles. The Hall–Kier alpha value is -4.14. The fourth-order valence-electron chi connectivity index (χ4n) is 6.03. The Balaban J connectivity index is 1.41. The Morgan fingerprint density at radius 3 is 2.76 bits per heavy atom. The first-order chi connectivity index (χ1) is 20.2. The molecule has 0 fully saturated rings. The molecule has 0 radical (unpaired) electrons. The van der Waals surface area contributed by atoms with Gasteiger partial charge >= 0.3 is 5.97 Å². The zero-order valence-corrected chi connectivity index (χ0v) is 23.7. The van der Waals surface area contributed by atoms with E-state index in [1.54, 1.807) is 7.11 Å². The summed E-state index contributed by atoms with van der Waals surface area (Å²) in [7, 11) is 1.68. The van der Waals surface area contributed by atoms with Crippen molar-refractivity contribution >= 4 is 27.6 Å². The molecule has 0 spiro atoms. The fourth-order valence-corrected chi connectivity index (χ4v) is 6.03. The maximum absolute atomic E-state index is 13.5. The smallest absolute Gasteiger partial charge is 0.355 e. The van der Waals surface area contributed by atoms with Crippen LogP contribution in [0.2, 0.25) is 0 Å². The fraction of sp³-hybridized carbons (Fsp3) is 0.333. The predicted molar refractivity (Wildman–Crippen MR) is 160 cm³/mol. The lowest BCUT2D eigenvalue weighted by molar-refractivity contribution is 0.0512. The number of carbonyl (C=O) groups excluding carboxylic acids is 1. The van der Waals surface area contributed by atoms with Crippen LogP contribution in [0.15, 0.2) is 60.7 Å². The maximum Gasteiger partial charge on any atom is 0.355 e. The lowest BCUT2D eigenvalue weighted by atomic mass is 9.98. The lowest BCUT2D eigenvalue weighted by Crippen LogP contribution is -2.20.